The van der Waals surface area contributed by atoms with Crippen molar-refractivity contribution in [1.82, 2.24) is 4.90 Å². The van der Waals surface area contributed by atoms with Crippen LogP contribution in [-0.2, 0) is 4.79 Å². The molecule has 0 saturated carbocycles. The summed E-state index contributed by atoms with van der Waals surface area (Å²) in [7, 11) is 0. The van der Waals surface area contributed by atoms with Crippen molar-refractivity contribution in [2.45, 2.75) is 31.3 Å². The Hall–Kier alpha value is -1.72. The predicted molar refractivity (Wildman–Crippen MR) is 94.4 cm³/mol. The molecule has 0 bridgehead atoms. The smallest absolute Gasteiger partial charge is 0.320 e. The molecule has 1 aliphatic rings. The Labute approximate surface area is 149 Å². The SMILES string of the molecule is O=C(O)C1CCCCN1C(c1ccc(F)cc1)c1ccccc1Br. The molecule has 1 N–H and O–H groups in total. The zero-order valence-electron chi connectivity index (χ0n) is 13.2. The number of halogens is 2. The van der Waals surface area contributed by atoms with Gasteiger partial charge < -0.3 is 5.11 Å². The first kappa shape index (κ1) is 17.1. The number of rotatable bonds is 4. The van der Waals surface area contributed by atoms with E-state index in [9.17, 15) is 14.3 Å². The lowest BCUT2D eigenvalue weighted by atomic mass is 9.92. The Bertz CT molecular complexity index is 720. The monoisotopic (exact) mass is 391 g/mol. The summed E-state index contributed by atoms with van der Waals surface area (Å²) in [6.45, 7) is 0.709. The van der Waals surface area contributed by atoms with E-state index < -0.39 is 12.0 Å². The third-order valence-corrected chi connectivity index (χ3v) is 5.27. The molecule has 1 fully saturated rings. The average molecular weight is 392 g/mol. The van der Waals surface area contributed by atoms with Crippen LogP contribution < -0.4 is 0 Å². The Morgan fingerprint density at radius 1 is 1.17 bits per heavy atom. The summed E-state index contributed by atoms with van der Waals surface area (Å²) in [5, 5.41) is 9.65. The van der Waals surface area contributed by atoms with Gasteiger partial charge in [-0.3, -0.25) is 9.69 Å². The van der Waals surface area contributed by atoms with Crippen LogP contribution >= 0.6 is 15.9 Å². The predicted octanol–water partition coefficient (Wildman–Crippen LogP) is 4.62. The lowest BCUT2D eigenvalue weighted by Crippen LogP contribution is -2.46. The molecule has 2 atom stereocenters. The van der Waals surface area contributed by atoms with Crippen molar-refractivity contribution >= 4 is 21.9 Å². The van der Waals surface area contributed by atoms with E-state index in [1.54, 1.807) is 12.1 Å². The summed E-state index contributed by atoms with van der Waals surface area (Å²) in [6, 6.07) is 13.4. The number of carboxylic acids is 1. The molecule has 1 saturated heterocycles. The molecular formula is C19H19BrFNO2. The lowest BCUT2D eigenvalue weighted by molar-refractivity contribution is -0.145. The van der Waals surface area contributed by atoms with Crippen LogP contribution in [0.15, 0.2) is 53.0 Å². The number of likely N-dealkylation sites (tertiary alicyclic amines) is 1. The van der Waals surface area contributed by atoms with Crippen molar-refractivity contribution in [1.29, 1.82) is 0 Å². The number of hydrogen-bond donors (Lipinski definition) is 1. The fraction of sp³-hybridized carbons (Fsp3) is 0.316. The molecule has 0 radical (unpaired) electrons. The van der Waals surface area contributed by atoms with Crippen molar-refractivity contribution in [3.63, 3.8) is 0 Å². The molecular weight excluding hydrogens is 373 g/mol. The van der Waals surface area contributed by atoms with Gasteiger partial charge in [0.2, 0.25) is 0 Å². The molecule has 3 nitrogen and oxygen atoms in total. The number of hydrogen-bond acceptors (Lipinski definition) is 2. The Kier molecular flexibility index (Phi) is 5.31. The van der Waals surface area contributed by atoms with Crippen LogP contribution in [0.1, 0.15) is 36.4 Å². The topological polar surface area (TPSA) is 40.5 Å². The maximum atomic E-state index is 13.4. The molecule has 24 heavy (non-hydrogen) atoms. The van der Waals surface area contributed by atoms with Gasteiger partial charge in [-0.2, -0.15) is 0 Å². The molecule has 0 amide bonds. The van der Waals surface area contributed by atoms with Gasteiger partial charge in [0.05, 0.1) is 6.04 Å². The Balaban J connectivity index is 2.09. The second-order valence-electron chi connectivity index (χ2n) is 6.06. The summed E-state index contributed by atoms with van der Waals surface area (Å²) < 4.78 is 14.3. The molecule has 1 aliphatic heterocycles. The highest BCUT2D eigenvalue weighted by atomic mass is 79.9. The van der Waals surface area contributed by atoms with E-state index in [2.05, 4.69) is 15.9 Å². The summed E-state index contributed by atoms with van der Waals surface area (Å²) in [5.74, 6) is -1.09. The van der Waals surface area contributed by atoms with Gasteiger partial charge in [-0.25, -0.2) is 4.39 Å². The first-order valence-corrected chi connectivity index (χ1v) is 8.85. The zero-order valence-corrected chi connectivity index (χ0v) is 14.7. The normalized spacial score (nSPS) is 19.8. The molecule has 2 aromatic rings. The van der Waals surface area contributed by atoms with E-state index in [0.29, 0.717) is 13.0 Å². The van der Waals surface area contributed by atoms with Crippen molar-refractivity contribution in [2.24, 2.45) is 0 Å². The van der Waals surface area contributed by atoms with Gasteiger partial charge in [0.25, 0.3) is 0 Å². The van der Waals surface area contributed by atoms with Crippen LogP contribution in [0.3, 0.4) is 0 Å². The molecule has 0 aromatic heterocycles. The second kappa shape index (κ2) is 7.45. The van der Waals surface area contributed by atoms with Crippen LogP contribution in [0, 0.1) is 5.82 Å². The number of benzene rings is 2. The molecule has 5 heteroatoms. The van der Waals surface area contributed by atoms with Crippen LogP contribution in [0.2, 0.25) is 0 Å². The Morgan fingerprint density at radius 3 is 2.54 bits per heavy atom. The van der Waals surface area contributed by atoms with Gasteiger partial charge in [0.15, 0.2) is 0 Å². The highest BCUT2D eigenvalue weighted by Gasteiger charge is 2.35. The lowest BCUT2D eigenvalue weighted by Gasteiger charge is -2.40. The third kappa shape index (κ3) is 3.52. The van der Waals surface area contributed by atoms with Crippen molar-refractivity contribution < 1.29 is 14.3 Å². The minimum Gasteiger partial charge on any atom is -0.480 e. The zero-order chi connectivity index (χ0) is 17.1. The van der Waals surface area contributed by atoms with Crippen molar-refractivity contribution in [3.8, 4) is 0 Å². The van der Waals surface area contributed by atoms with Gasteiger partial charge >= 0.3 is 5.97 Å². The van der Waals surface area contributed by atoms with Gasteiger partial charge in [0.1, 0.15) is 11.9 Å². The number of carbonyl (C=O) groups is 1. The molecule has 0 spiro atoms. The van der Waals surface area contributed by atoms with Crippen molar-refractivity contribution in [3.05, 3.63) is 69.9 Å². The molecule has 3 rings (SSSR count). The Morgan fingerprint density at radius 2 is 1.88 bits per heavy atom. The van der Waals surface area contributed by atoms with Crippen molar-refractivity contribution in [2.75, 3.05) is 6.54 Å². The quantitative estimate of drug-likeness (QED) is 0.826. The highest BCUT2D eigenvalue weighted by molar-refractivity contribution is 9.10. The molecule has 126 valence electrons. The van der Waals surface area contributed by atoms with Gasteiger partial charge in [-0.05, 0) is 48.7 Å². The van der Waals surface area contributed by atoms with E-state index in [1.165, 1.54) is 12.1 Å². The fourth-order valence-corrected chi connectivity index (χ4v) is 3.92. The van der Waals surface area contributed by atoms with E-state index in [4.69, 9.17) is 0 Å². The van der Waals surface area contributed by atoms with E-state index in [1.807, 2.05) is 29.2 Å². The van der Waals surface area contributed by atoms with Crippen LogP contribution in [0.25, 0.3) is 0 Å². The summed E-state index contributed by atoms with van der Waals surface area (Å²) >= 11 is 3.58. The van der Waals surface area contributed by atoms with E-state index in [-0.39, 0.29) is 11.9 Å². The summed E-state index contributed by atoms with van der Waals surface area (Å²) in [4.78, 5) is 13.8. The average Bonchev–Trinajstić information content (AvgIpc) is 2.59. The molecule has 0 aliphatic carbocycles. The third-order valence-electron chi connectivity index (χ3n) is 4.55. The minimum absolute atomic E-state index is 0.220. The van der Waals surface area contributed by atoms with Crippen LogP contribution in [-0.4, -0.2) is 28.6 Å². The fourth-order valence-electron chi connectivity index (χ4n) is 3.42. The number of nitrogens with zero attached hydrogens (tertiary/aromatic N) is 1. The highest BCUT2D eigenvalue weighted by Crippen LogP contribution is 2.37. The maximum Gasteiger partial charge on any atom is 0.320 e. The number of aliphatic carboxylic acids is 1. The first-order chi connectivity index (χ1) is 11.6. The first-order valence-electron chi connectivity index (χ1n) is 8.06. The van der Waals surface area contributed by atoms with Gasteiger partial charge in [0, 0.05) is 4.47 Å². The molecule has 2 unspecified atom stereocenters. The summed E-state index contributed by atoms with van der Waals surface area (Å²) in [6.07, 6.45) is 2.52. The molecule has 1 heterocycles. The van der Waals surface area contributed by atoms with Crippen LogP contribution in [0.4, 0.5) is 4.39 Å². The number of carboxylic acid groups (broad SMARTS) is 1. The van der Waals surface area contributed by atoms with E-state index in [0.717, 1.165) is 28.4 Å². The largest absolute Gasteiger partial charge is 0.480 e. The summed E-state index contributed by atoms with van der Waals surface area (Å²) in [5.41, 5.74) is 1.90. The van der Waals surface area contributed by atoms with Gasteiger partial charge in [-0.15, -0.1) is 0 Å². The second-order valence-corrected chi connectivity index (χ2v) is 6.92. The maximum absolute atomic E-state index is 13.4. The standard InChI is InChI=1S/C19H19BrFNO2/c20-16-6-2-1-5-15(16)18(13-8-10-14(21)11-9-13)22-12-4-3-7-17(22)19(23)24/h1-2,5-6,8-11,17-18H,3-4,7,12H2,(H,23,24). The minimum atomic E-state index is -0.797. The number of piperidine rings is 1. The van der Waals surface area contributed by atoms with Crippen LogP contribution in [0.5, 0.6) is 0 Å². The van der Waals surface area contributed by atoms with E-state index >= 15 is 0 Å². The van der Waals surface area contributed by atoms with Gasteiger partial charge in [-0.1, -0.05) is 52.7 Å². The molecule has 2 aromatic carbocycles.